The highest BCUT2D eigenvalue weighted by Gasteiger charge is 2.24. The van der Waals surface area contributed by atoms with E-state index in [9.17, 15) is 4.79 Å². The van der Waals surface area contributed by atoms with E-state index >= 15 is 0 Å². The topological polar surface area (TPSA) is 61.7 Å². The number of carbonyl (C=O) groups excluding carboxylic acids is 1. The summed E-state index contributed by atoms with van der Waals surface area (Å²) in [5.41, 5.74) is 7.11. The van der Waals surface area contributed by atoms with E-state index in [1.54, 1.807) is 14.2 Å². The SMILES string of the molecule is COc1cc(OC)cc(-n2c(CCC(=O)NCCOc3ccccc3)cc3c2-c2ccccc2CC3)c1. The van der Waals surface area contributed by atoms with Gasteiger partial charge >= 0.3 is 0 Å². The van der Waals surface area contributed by atoms with Crippen LogP contribution in [0.1, 0.15) is 23.2 Å². The molecular weight excluding hydrogens is 464 g/mol. The van der Waals surface area contributed by atoms with Crippen LogP contribution in [0.4, 0.5) is 0 Å². The number of fused-ring (bicyclic) bond motifs is 3. The number of aromatic nitrogens is 1. The van der Waals surface area contributed by atoms with Gasteiger partial charge in [-0.3, -0.25) is 4.79 Å². The summed E-state index contributed by atoms with van der Waals surface area (Å²) in [6.07, 6.45) is 2.98. The van der Waals surface area contributed by atoms with Gasteiger partial charge in [-0.05, 0) is 48.6 Å². The van der Waals surface area contributed by atoms with Crippen LogP contribution in [0.5, 0.6) is 17.2 Å². The first-order chi connectivity index (χ1) is 18.2. The number of hydrogen-bond donors (Lipinski definition) is 1. The maximum absolute atomic E-state index is 12.7. The molecule has 0 fully saturated rings. The molecule has 0 bridgehead atoms. The van der Waals surface area contributed by atoms with Crippen LogP contribution in [0, 0.1) is 0 Å². The molecule has 6 heteroatoms. The van der Waals surface area contributed by atoms with Crippen molar-refractivity contribution in [1.82, 2.24) is 9.88 Å². The van der Waals surface area contributed by atoms with Crippen molar-refractivity contribution in [2.75, 3.05) is 27.4 Å². The summed E-state index contributed by atoms with van der Waals surface area (Å²) in [6, 6.07) is 26.3. The summed E-state index contributed by atoms with van der Waals surface area (Å²) in [5.74, 6) is 2.26. The predicted octanol–water partition coefficient (Wildman–Crippen LogP) is 5.39. The van der Waals surface area contributed by atoms with Gasteiger partial charge in [0.2, 0.25) is 5.91 Å². The number of benzene rings is 3. The average Bonchev–Trinajstić information content (AvgIpc) is 3.33. The summed E-state index contributed by atoms with van der Waals surface area (Å²) in [4.78, 5) is 12.7. The fourth-order valence-electron chi connectivity index (χ4n) is 4.95. The highest BCUT2D eigenvalue weighted by Crippen LogP contribution is 2.39. The summed E-state index contributed by atoms with van der Waals surface area (Å²) in [6.45, 7) is 0.895. The third-order valence-corrected chi connectivity index (χ3v) is 6.73. The Morgan fingerprint density at radius 1 is 0.838 bits per heavy atom. The van der Waals surface area contributed by atoms with Gasteiger partial charge in [-0.15, -0.1) is 0 Å². The highest BCUT2D eigenvalue weighted by molar-refractivity contribution is 5.77. The van der Waals surface area contributed by atoms with Gasteiger partial charge in [-0.25, -0.2) is 0 Å². The first-order valence-electron chi connectivity index (χ1n) is 12.7. The maximum Gasteiger partial charge on any atom is 0.220 e. The summed E-state index contributed by atoms with van der Waals surface area (Å²) < 4.78 is 19.1. The van der Waals surface area contributed by atoms with Crippen molar-refractivity contribution in [3.05, 3.63) is 95.7 Å². The van der Waals surface area contributed by atoms with Crippen LogP contribution in [0.25, 0.3) is 16.9 Å². The van der Waals surface area contributed by atoms with E-state index in [1.165, 1.54) is 22.4 Å². The Kier molecular flexibility index (Phi) is 7.45. The average molecular weight is 497 g/mol. The summed E-state index contributed by atoms with van der Waals surface area (Å²) in [5, 5.41) is 2.98. The molecule has 1 aromatic heterocycles. The third kappa shape index (κ3) is 5.48. The number of aryl methyl sites for hydroxylation is 3. The van der Waals surface area contributed by atoms with Crippen LogP contribution in [0.3, 0.4) is 0 Å². The molecule has 37 heavy (non-hydrogen) atoms. The molecule has 0 saturated heterocycles. The number of carbonyl (C=O) groups is 1. The van der Waals surface area contributed by atoms with Gasteiger partial charge in [0.25, 0.3) is 0 Å². The molecule has 6 nitrogen and oxygen atoms in total. The highest BCUT2D eigenvalue weighted by atomic mass is 16.5. The van der Waals surface area contributed by atoms with Crippen LogP contribution < -0.4 is 19.5 Å². The van der Waals surface area contributed by atoms with Crippen LogP contribution >= 0.6 is 0 Å². The molecule has 4 aromatic rings. The lowest BCUT2D eigenvalue weighted by Crippen LogP contribution is -2.28. The Morgan fingerprint density at radius 2 is 1.54 bits per heavy atom. The van der Waals surface area contributed by atoms with E-state index in [0.717, 1.165) is 41.5 Å². The molecule has 0 atom stereocenters. The van der Waals surface area contributed by atoms with Gasteiger partial charge in [0, 0.05) is 35.9 Å². The van der Waals surface area contributed by atoms with Crippen molar-refractivity contribution >= 4 is 5.91 Å². The Labute approximate surface area is 217 Å². The third-order valence-electron chi connectivity index (χ3n) is 6.73. The number of nitrogens with zero attached hydrogens (tertiary/aromatic N) is 1. The number of amides is 1. The Bertz CT molecular complexity index is 1360. The number of rotatable bonds is 10. The van der Waals surface area contributed by atoms with Crippen molar-refractivity contribution in [3.8, 4) is 34.2 Å². The normalized spacial score (nSPS) is 11.8. The van der Waals surface area contributed by atoms with Gasteiger partial charge in [-0.1, -0.05) is 42.5 Å². The quantitative estimate of drug-likeness (QED) is 0.299. The van der Waals surface area contributed by atoms with Crippen LogP contribution in [-0.2, 0) is 24.1 Å². The Hall–Kier alpha value is -4.19. The lowest BCUT2D eigenvalue weighted by molar-refractivity contribution is -0.121. The van der Waals surface area contributed by atoms with Gasteiger partial charge in [0.05, 0.1) is 32.1 Å². The smallest absolute Gasteiger partial charge is 0.220 e. The largest absolute Gasteiger partial charge is 0.497 e. The molecule has 5 rings (SSSR count). The first-order valence-corrected chi connectivity index (χ1v) is 12.7. The first kappa shape index (κ1) is 24.5. The zero-order valence-corrected chi connectivity index (χ0v) is 21.3. The Balaban J connectivity index is 1.38. The molecule has 1 heterocycles. The van der Waals surface area contributed by atoms with Crippen molar-refractivity contribution in [3.63, 3.8) is 0 Å². The minimum absolute atomic E-state index is 0.00556. The number of nitrogens with one attached hydrogen (secondary N) is 1. The van der Waals surface area contributed by atoms with Crippen molar-refractivity contribution in [2.45, 2.75) is 25.7 Å². The van der Waals surface area contributed by atoms with Gasteiger partial charge in [0.15, 0.2) is 0 Å². The fourth-order valence-corrected chi connectivity index (χ4v) is 4.95. The number of hydrogen-bond acceptors (Lipinski definition) is 4. The minimum Gasteiger partial charge on any atom is -0.497 e. The van der Waals surface area contributed by atoms with Crippen LogP contribution in [-0.4, -0.2) is 37.8 Å². The number of methoxy groups -OCH3 is 2. The van der Waals surface area contributed by atoms with E-state index in [1.807, 2.05) is 48.5 Å². The zero-order chi connectivity index (χ0) is 25.6. The van der Waals surface area contributed by atoms with Crippen LogP contribution in [0.2, 0.25) is 0 Å². The molecule has 190 valence electrons. The molecule has 0 unspecified atom stereocenters. The van der Waals surface area contributed by atoms with Crippen molar-refractivity contribution in [1.29, 1.82) is 0 Å². The van der Waals surface area contributed by atoms with Crippen molar-refractivity contribution in [2.24, 2.45) is 0 Å². The molecule has 1 aliphatic rings. The molecular formula is C31H32N2O4. The second kappa shape index (κ2) is 11.2. The van der Waals surface area contributed by atoms with Gasteiger partial charge < -0.3 is 24.1 Å². The Morgan fingerprint density at radius 3 is 2.30 bits per heavy atom. The van der Waals surface area contributed by atoms with Crippen molar-refractivity contribution < 1.29 is 19.0 Å². The van der Waals surface area contributed by atoms with Crippen LogP contribution in [0.15, 0.2) is 78.9 Å². The molecule has 3 aromatic carbocycles. The lowest BCUT2D eigenvalue weighted by Gasteiger charge is -2.21. The predicted molar refractivity (Wildman–Crippen MR) is 145 cm³/mol. The summed E-state index contributed by atoms with van der Waals surface area (Å²) in [7, 11) is 3.32. The van der Waals surface area contributed by atoms with E-state index in [-0.39, 0.29) is 5.91 Å². The lowest BCUT2D eigenvalue weighted by atomic mass is 9.90. The summed E-state index contributed by atoms with van der Waals surface area (Å²) >= 11 is 0. The van der Waals surface area contributed by atoms with E-state index in [4.69, 9.17) is 14.2 Å². The molecule has 1 aliphatic carbocycles. The zero-order valence-electron chi connectivity index (χ0n) is 21.3. The van der Waals surface area contributed by atoms with E-state index < -0.39 is 0 Å². The van der Waals surface area contributed by atoms with Gasteiger partial charge in [0.1, 0.15) is 23.9 Å². The molecule has 0 aliphatic heterocycles. The number of para-hydroxylation sites is 1. The molecule has 1 amide bonds. The maximum atomic E-state index is 12.7. The van der Waals surface area contributed by atoms with E-state index in [0.29, 0.717) is 26.0 Å². The minimum atomic E-state index is 0.00556. The fraction of sp³-hybridized carbons (Fsp3) is 0.258. The molecule has 0 saturated carbocycles. The molecule has 0 radical (unpaired) electrons. The van der Waals surface area contributed by atoms with Gasteiger partial charge in [-0.2, -0.15) is 0 Å². The molecule has 1 N–H and O–H groups in total. The second-order valence-electron chi connectivity index (χ2n) is 9.08. The second-order valence-corrected chi connectivity index (χ2v) is 9.08. The monoisotopic (exact) mass is 496 g/mol. The molecule has 0 spiro atoms. The number of ether oxygens (including phenoxy) is 3. The van der Waals surface area contributed by atoms with E-state index in [2.05, 4.69) is 40.2 Å². The standard InChI is InChI=1S/C31H32N2O4/c1-35-27-19-25(20-28(21-27)36-2)33-24(18-23-13-12-22-8-6-7-11-29(22)31(23)33)14-15-30(34)32-16-17-37-26-9-4-3-5-10-26/h3-11,18-21H,12-17H2,1-2H3,(H,32,34).